The second-order valence-corrected chi connectivity index (χ2v) is 8.07. The minimum Gasteiger partial charge on any atom is -0.454 e. The maximum Gasteiger partial charge on any atom is 0.326 e. The van der Waals surface area contributed by atoms with Crippen LogP contribution in [0.25, 0.3) is 0 Å². The number of imide groups is 1. The third kappa shape index (κ3) is 4.66. The van der Waals surface area contributed by atoms with Gasteiger partial charge < -0.3 is 10.1 Å². The van der Waals surface area contributed by atoms with E-state index >= 15 is 0 Å². The molecule has 31 heavy (non-hydrogen) atoms. The SMILES string of the molecule is CC(C)c1cccc(C(C)C)c1NC(=O)COC(=O)CN1C(=O)c2ccccc2C1=O. The Kier molecular flexibility index (Phi) is 6.53. The molecule has 1 heterocycles. The number of para-hydroxylation sites is 1. The summed E-state index contributed by atoms with van der Waals surface area (Å²) in [6.07, 6.45) is 0. The Bertz CT molecular complexity index is 981. The van der Waals surface area contributed by atoms with Gasteiger partial charge >= 0.3 is 5.97 Å². The molecule has 162 valence electrons. The van der Waals surface area contributed by atoms with E-state index < -0.39 is 36.8 Å². The summed E-state index contributed by atoms with van der Waals surface area (Å²) in [4.78, 5) is 50.2. The molecule has 2 aromatic carbocycles. The summed E-state index contributed by atoms with van der Waals surface area (Å²) in [6, 6.07) is 12.2. The lowest BCUT2D eigenvalue weighted by molar-refractivity contribution is -0.147. The molecule has 0 saturated carbocycles. The molecule has 0 unspecified atom stereocenters. The Labute approximate surface area is 181 Å². The molecule has 0 aromatic heterocycles. The Morgan fingerprint density at radius 1 is 0.871 bits per heavy atom. The van der Waals surface area contributed by atoms with Gasteiger partial charge in [0.15, 0.2) is 6.61 Å². The van der Waals surface area contributed by atoms with Crippen molar-refractivity contribution < 1.29 is 23.9 Å². The van der Waals surface area contributed by atoms with Gasteiger partial charge in [-0.15, -0.1) is 0 Å². The van der Waals surface area contributed by atoms with E-state index in [0.717, 1.165) is 21.7 Å². The fourth-order valence-electron chi connectivity index (χ4n) is 3.57. The van der Waals surface area contributed by atoms with Crippen molar-refractivity contribution in [3.8, 4) is 0 Å². The van der Waals surface area contributed by atoms with Gasteiger partial charge in [-0.25, -0.2) is 0 Å². The fourth-order valence-corrected chi connectivity index (χ4v) is 3.57. The standard InChI is InChI=1S/C24H26N2O5/c1-14(2)16-10-7-11-17(15(3)4)22(16)25-20(27)13-31-21(28)12-26-23(29)18-8-5-6-9-19(18)24(26)30/h5-11,14-15H,12-13H2,1-4H3,(H,25,27). The van der Waals surface area contributed by atoms with E-state index in [1.54, 1.807) is 12.1 Å². The van der Waals surface area contributed by atoms with Gasteiger partial charge in [-0.3, -0.25) is 24.1 Å². The molecule has 3 amide bonds. The van der Waals surface area contributed by atoms with Crippen molar-refractivity contribution >= 4 is 29.4 Å². The quantitative estimate of drug-likeness (QED) is 0.542. The molecule has 0 fully saturated rings. The van der Waals surface area contributed by atoms with Crippen molar-refractivity contribution in [2.24, 2.45) is 0 Å². The Balaban J connectivity index is 1.62. The maximum absolute atomic E-state index is 12.5. The molecule has 1 N–H and O–H groups in total. The topological polar surface area (TPSA) is 92.8 Å². The van der Waals surface area contributed by atoms with Crippen molar-refractivity contribution in [2.45, 2.75) is 39.5 Å². The van der Waals surface area contributed by atoms with Crippen LogP contribution in [0.2, 0.25) is 0 Å². The van der Waals surface area contributed by atoms with Crippen molar-refractivity contribution in [2.75, 3.05) is 18.5 Å². The zero-order valence-corrected chi connectivity index (χ0v) is 18.1. The first-order valence-electron chi connectivity index (χ1n) is 10.2. The predicted octanol–water partition coefficient (Wildman–Crippen LogP) is 3.71. The molecule has 0 saturated heterocycles. The number of hydrogen-bond donors (Lipinski definition) is 1. The highest BCUT2D eigenvalue weighted by molar-refractivity contribution is 6.22. The number of hydrogen-bond acceptors (Lipinski definition) is 5. The monoisotopic (exact) mass is 422 g/mol. The Morgan fingerprint density at radius 3 is 1.87 bits per heavy atom. The lowest BCUT2D eigenvalue weighted by atomic mass is 9.92. The van der Waals surface area contributed by atoms with E-state index in [-0.39, 0.29) is 23.0 Å². The number of carbonyl (C=O) groups is 4. The number of nitrogens with zero attached hydrogens (tertiary/aromatic N) is 1. The van der Waals surface area contributed by atoms with Crippen LogP contribution in [0.4, 0.5) is 5.69 Å². The Hall–Kier alpha value is -3.48. The van der Waals surface area contributed by atoms with E-state index in [4.69, 9.17) is 4.74 Å². The third-order valence-corrected chi connectivity index (χ3v) is 5.17. The molecule has 0 atom stereocenters. The Morgan fingerprint density at radius 2 is 1.39 bits per heavy atom. The van der Waals surface area contributed by atoms with Crippen LogP contribution in [0, 0.1) is 0 Å². The van der Waals surface area contributed by atoms with Crippen LogP contribution in [0.15, 0.2) is 42.5 Å². The normalized spacial score (nSPS) is 13.0. The van der Waals surface area contributed by atoms with E-state index in [1.165, 1.54) is 12.1 Å². The van der Waals surface area contributed by atoms with Gasteiger partial charge in [-0.2, -0.15) is 0 Å². The summed E-state index contributed by atoms with van der Waals surface area (Å²) in [6.45, 7) is 7.11. The number of amides is 3. The number of esters is 1. The van der Waals surface area contributed by atoms with E-state index in [0.29, 0.717) is 0 Å². The number of fused-ring (bicyclic) bond motifs is 1. The van der Waals surface area contributed by atoms with Crippen molar-refractivity contribution in [3.05, 3.63) is 64.7 Å². The number of carbonyl (C=O) groups excluding carboxylic acids is 4. The van der Waals surface area contributed by atoms with Crippen LogP contribution in [-0.2, 0) is 14.3 Å². The summed E-state index contributed by atoms with van der Waals surface area (Å²) in [5.74, 6) is -2.00. The van der Waals surface area contributed by atoms with E-state index in [1.807, 2.05) is 45.9 Å². The van der Waals surface area contributed by atoms with E-state index in [2.05, 4.69) is 5.32 Å². The van der Waals surface area contributed by atoms with Crippen molar-refractivity contribution in [1.29, 1.82) is 0 Å². The number of nitrogens with one attached hydrogen (secondary N) is 1. The summed E-state index contributed by atoms with van der Waals surface area (Å²) in [7, 11) is 0. The van der Waals surface area contributed by atoms with Crippen molar-refractivity contribution in [1.82, 2.24) is 4.90 Å². The van der Waals surface area contributed by atoms with Crippen LogP contribution in [-0.4, -0.2) is 41.7 Å². The highest BCUT2D eigenvalue weighted by Crippen LogP contribution is 2.32. The van der Waals surface area contributed by atoms with Crippen LogP contribution in [0.1, 0.15) is 71.4 Å². The average Bonchev–Trinajstić information content (AvgIpc) is 2.97. The molecule has 0 aliphatic carbocycles. The number of anilines is 1. The van der Waals surface area contributed by atoms with Gasteiger partial charge in [0, 0.05) is 5.69 Å². The summed E-state index contributed by atoms with van der Waals surface area (Å²) in [5, 5.41) is 2.86. The minimum absolute atomic E-state index is 0.199. The van der Waals surface area contributed by atoms with Gasteiger partial charge in [0.1, 0.15) is 6.54 Å². The molecular weight excluding hydrogens is 396 g/mol. The summed E-state index contributed by atoms with van der Waals surface area (Å²) in [5.41, 5.74) is 3.23. The summed E-state index contributed by atoms with van der Waals surface area (Å²) < 4.78 is 5.04. The largest absolute Gasteiger partial charge is 0.454 e. The first-order valence-corrected chi connectivity index (χ1v) is 10.2. The molecule has 0 radical (unpaired) electrons. The van der Waals surface area contributed by atoms with Crippen LogP contribution < -0.4 is 5.32 Å². The molecule has 1 aliphatic rings. The molecule has 3 rings (SSSR count). The van der Waals surface area contributed by atoms with Crippen molar-refractivity contribution in [3.63, 3.8) is 0 Å². The number of rotatable bonds is 7. The molecule has 0 spiro atoms. The number of ether oxygens (including phenoxy) is 1. The van der Waals surface area contributed by atoms with Gasteiger partial charge in [0.05, 0.1) is 11.1 Å². The first-order chi connectivity index (χ1) is 14.7. The van der Waals surface area contributed by atoms with Gasteiger partial charge in [0.2, 0.25) is 0 Å². The third-order valence-electron chi connectivity index (χ3n) is 5.17. The number of benzene rings is 2. The van der Waals surface area contributed by atoms with Crippen LogP contribution >= 0.6 is 0 Å². The van der Waals surface area contributed by atoms with Crippen LogP contribution in [0.3, 0.4) is 0 Å². The second kappa shape index (κ2) is 9.12. The molecule has 0 bridgehead atoms. The summed E-state index contributed by atoms with van der Waals surface area (Å²) >= 11 is 0. The molecule has 7 nitrogen and oxygen atoms in total. The maximum atomic E-state index is 12.5. The first kappa shape index (κ1) is 22.2. The van der Waals surface area contributed by atoms with Gasteiger partial charge in [0.25, 0.3) is 17.7 Å². The minimum atomic E-state index is -0.828. The molecule has 7 heteroatoms. The van der Waals surface area contributed by atoms with Gasteiger partial charge in [-0.1, -0.05) is 58.0 Å². The lowest BCUT2D eigenvalue weighted by Gasteiger charge is -2.20. The van der Waals surface area contributed by atoms with Crippen LogP contribution in [0.5, 0.6) is 0 Å². The molecule has 1 aliphatic heterocycles. The van der Waals surface area contributed by atoms with Gasteiger partial charge in [-0.05, 0) is 35.1 Å². The zero-order valence-electron chi connectivity index (χ0n) is 18.1. The highest BCUT2D eigenvalue weighted by Gasteiger charge is 2.36. The second-order valence-electron chi connectivity index (χ2n) is 8.07. The molecule has 2 aromatic rings. The average molecular weight is 422 g/mol. The van der Waals surface area contributed by atoms with E-state index in [9.17, 15) is 19.2 Å². The lowest BCUT2D eigenvalue weighted by Crippen LogP contribution is -2.36. The predicted molar refractivity (Wildman–Crippen MR) is 116 cm³/mol. The fraction of sp³-hybridized carbons (Fsp3) is 0.333. The molecular formula is C24H26N2O5. The zero-order chi connectivity index (χ0) is 22.7. The highest BCUT2D eigenvalue weighted by atomic mass is 16.5. The smallest absolute Gasteiger partial charge is 0.326 e.